The molecule has 0 radical (unpaired) electrons. The fourth-order valence-electron chi connectivity index (χ4n) is 2.48. The average Bonchev–Trinajstić information content (AvgIpc) is 2.75. The standard InChI is InChI=1S/C15H29NO4S/c1-4-5-8-16(14-7-10-21(18,19)12-14)15(17)6-9-20-11-13(2)3/h13-14H,4-12H2,1-3H3. The first kappa shape index (κ1) is 18.4. The number of unbranched alkanes of at least 4 members (excludes halogenated alkanes) is 1. The molecule has 1 saturated heterocycles. The number of sulfone groups is 1. The molecule has 0 aromatic heterocycles. The van der Waals surface area contributed by atoms with Crippen LogP contribution in [0.3, 0.4) is 0 Å². The quantitative estimate of drug-likeness (QED) is 0.609. The molecule has 0 saturated carbocycles. The van der Waals surface area contributed by atoms with Crippen molar-refractivity contribution in [3.05, 3.63) is 0 Å². The van der Waals surface area contributed by atoms with Gasteiger partial charge >= 0.3 is 0 Å². The van der Waals surface area contributed by atoms with Gasteiger partial charge in [-0.1, -0.05) is 27.2 Å². The topological polar surface area (TPSA) is 63.7 Å². The molecule has 0 N–H and O–H groups in total. The van der Waals surface area contributed by atoms with Crippen molar-refractivity contribution in [2.75, 3.05) is 31.3 Å². The van der Waals surface area contributed by atoms with Crippen LogP contribution in [0, 0.1) is 5.92 Å². The molecule has 1 aliphatic rings. The average molecular weight is 319 g/mol. The number of amides is 1. The monoisotopic (exact) mass is 319 g/mol. The van der Waals surface area contributed by atoms with E-state index >= 15 is 0 Å². The number of carbonyl (C=O) groups is 1. The Balaban J connectivity index is 2.50. The molecule has 1 atom stereocenters. The van der Waals surface area contributed by atoms with Gasteiger partial charge in [0.15, 0.2) is 9.84 Å². The molecule has 1 aliphatic heterocycles. The minimum Gasteiger partial charge on any atom is -0.381 e. The first-order chi connectivity index (χ1) is 9.85. The number of rotatable bonds is 9. The normalized spacial score (nSPS) is 20.9. The maximum absolute atomic E-state index is 12.3. The smallest absolute Gasteiger partial charge is 0.225 e. The Morgan fingerprint density at radius 1 is 1.38 bits per heavy atom. The maximum atomic E-state index is 12.3. The van der Waals surface area contributed by atoms with Crippen LogP contribution in [-0.2, 0) is 19.4 Å². The van der Waals surface area contributed by atoms with Crippen LogP contribution in [0.1, 0.15) is 46.5 Å². The SMILES string of the molecule is CCCCN(C(=O)CCOCC(C)C)C1CCS(=O)(=O)C1. The van der Waals surface area contributed by atoms with E-state index in [9.17, 15) is 13.2 Å². The molecule has 0 aromatic carbocycles. The first-order valence-corrected chi connectivity index (χ1v) is 9.75. The summed E-state index contributed by atoms with van der Waals surface area (Å²) in [6, 6.07) is -0.140. The summed E-state index contributed by atoms with van der Waals surface area (Å²) in [4.78, 5) is 14.1. The highest BCUT2D eigenvalue weighted by Gasteiger charge is 2.34. The van der Waals surface area contributed by atoms with Gasteiger partial charge in [-0.3, -0.25) is 4.79 Å². The Labute approximate surface area is 129 Å². The van der Waals surface area contributed by atoms with E-state index in [2.05, 4.69) is 20.8 Å². The number of hydrogen-bond acceptors (Lipinski definition) is 4. The zero-order valence-electron chi connectivity index (χ0n) is 13.5. The molecule has 0 bridgehead atoms. The van der Waals surface area contributed by atoms with E-state index in [1.807, 2.05) is 0 Å². The second-order valence-corrected chi connectivity index (χ2v) is 8.45. The molecule has 21 heavy (non-hydrogen) atoms. The molecule has 6 heteroatoms. The van der Waals surface area contributed by atoms with E-state index in [0.29, 0.717) is 38.5 Å². The molecule has 1 rings (SSSR count). The van der Waals surface area contributed by atoms with Gasteiger partial charge in [0.1, 0.15) is 0 Å². The molecule has 124 valence electrons. The van der Waals surface area contributed by atoms with Crippen molar-refractivity contribution in [1.82, 2.24) is 4.90 Å². The first-order valence-electron chi connectivity index (χ1n) is 7.93. The highest BCUT2D eigenvalue weighted by Crippen LogP contribution is 2.19. The minimum absolute atomic E-state index is 0.0225. The molecule has 0 aliphatic carbocycles. The molecule has 1 fully saturated rings. The van der Waals surface area contributed by atoms with E-state index < -0.39 is 9.84 Å². The van der Waals surface area contributed by atoms with Crippen molar-refractivity contribution in [1.29, 1.82) is 0 Å². The van der Waals surface area contributed by atoms with Crippen LogP contribution >= 0.6 is 0 Å². The van der Waals surface area contributed by atoms with Gasteiger partial charge in [-0.25, -0.2) is 8.42 Å². The third kappa shape index (κ3) is 6.78. The molecule has 5 nitrogen and oxygen atoms in total. The third-order valence-corrected chi connectivity index (χ3v) is 5.38. The van der Waals surface area contributed by atoms with Gasteiger partial charge in [0.25, 0.3) is 0 Å². The predicted molar refractivity (Wildman–Crippen MR) is 84.0 cm³/mol. The lowest BCUT2D eigenvalue weighted by atomic mass is 10.2. The summed E-state index contributed by atoms with van der Waals surface area (Å²) < 4.78 is 28.7. The number of carbonyl (C=O) groups excluding carboxylic acids is 1. The van der Waals surface area contributed by atoms with Crippen LogP contribution in [0.5, 0.6) is 0 Å². The molecular weight excluding hydrogens is 290 g/mol. The second kappa shape index (κ2) is 8.73. The van der Waals surface area contributed by atoms with Gasteiger partial charge in [-0.05, 0) is 18.8 Å². The lowest BCUT2D eigenvalue weighted by molar-refractivity contribution is -0.134. The van der Waals surface area contributed by atoms with Crippen molar-refractivity contribution in [3.8, 4) is 0 Å². The summed E-state index contributed by atoms with van der Waals surface area (Å²) >= 11 is 0. The summed E-state index contributed by atoms with van der Waals surface area (Å²) in [5.74, 6) is 0.804. The van der Waals surface area contributed by atoms with Gasteiger partial charge in [-0.2, -0.15) is 0 Å². The zero-order chi connectivity index (χ0) is 15.9. The van der Waals surface area contributed by atoms with Crippen LogP contribution in [0.25, 0.3) is 0 Å². The summed E-state index contributed by atoms with van der Waals surface area (Å²) in [5.41, 5.74) is 0. The van der Waals surface area contributed by atoms with Crippen LogP contribution < -0.4 is 0 Å². The van der Waals surface area contributed by atoms with Crippen LogP contribution in [0.4, 0.5) is 0 Å². The van der Waals surface area contributed by atoms with Gasteiger partial charge in [0, 0.05) is 19.2 Å². The summed E-state index contributed by atoms with van der Waals surface area (Å²) in [6.45, 7) is 7.93. The molecule has 1 amide bonds. The largest absolute Gasteiger partial charge is 0.381 e. The summed E-state index contributed by atoms with van der Waals surface area (Å²) in [5, 5.41) is 0. The Bertz CT molecular complexity index is 419. The Hall–Kier alpha value is -0.620. The lowest BCUT2D eigenvalue weighted by Crippen LogP contribution is -2.42. The van der Waals surface area contributed by atoms with Gasteiger partial charge in [0.05, 0.1) is 24.5 Å². The summed E-state index contributed by atoms with van der Waals surface area (Å²) in [6.07, 6.45) is 2.82. The molecule has 1 unspecified atom stereocenters. The number of hydrogen-bond donors (Lipinski definition) is 0. The minimum atomic E-state index is -2.96. The number of nitrogens with zero attached hydrogens (tertiary/aromatic N) is 1. The summed E-state index contributed by atoms with van der Waals surface area (Å²) in [7, 11) is -2.96. The highest BCUT2D eigenvalue weighted by atomic mass is 32.2. The predicted octanol–water partition coefficient (Wildman–Crippen LogP) is 1.86. The third-order valence-electron chi connectivity index (χ3n) is 3.63. The fourth-order valence-corrected chi connectivity index (χ4v) is 4.21. The Kier molecular flexibility index (Phi) is 7.66. The van der Waals surface area contributed by atoms with Gasteiger partial charge < -0.3 is 9.64 Å². The highest BCUT2D eigenvalue weighted by molar-refractivity contribution is 7.91. The Morgan fingerprint density at radius 3 is 2.62 bits per heavy atom. The van der Waals surface area contributed by atoms with E-state index in [1.165, 1.54) is 0 Å². The van der Waals surface area contributed by atoms with Crippen molar-refractivity contribution in [2.45, 2.75) is 52.5 Å². The van der Waals surface area contributed by atoms with E-state index in [-0.39, 0.29) is 23.5 Å². The number of ether oxygens (including phenoxy) is 1. The van der Waals surface area contributed by atoms with Crippen LogP contribution in [-0.4, -0.2) is 56.5 Å². The molecule has 0 aromatic rings. The molecule has 0 spiro atoms. The van der Waals surface area contributed by atoms with Gasteiger partial charge in [0.2, 0.25) is 5.91 Å². The van der Waals surface area contributed by atoms with Crippen molar-refractivity contribution in [3.63, 3.8) is 0 Å². The lowest BCUT2D eigenvalue weighted by Gasteiger charge is -2.28. The van der Waals surface area contributed by atoms with Crippen molar-refractivity contribution < 1.29 is 17.9 Å². The molecular formula is C15H29NO4S. The maximum Gasteiger partial charge on any atom is 0.225 e. The van der Waals surface area contributed by atoms with Crippen molar-refractivity contribution in [2.24, 2.45) is 5.92 Å². The second-order valence-electron chi connectivity index (χ2n) is 6.22. The fraction of sp³-hybridized carbons (Fsp3) is 0.933. The van der Waals surface area contributed by atoms with Crippen LogP contribution in [0.15, 0.2) is 0 Å². The van der Waals surface area contributed by atoms with E-state index in [0.717, 1.165) is 12.8 Å². The molecule has 1 heterocycles. The van der Waals surface area contributed by atoms with Crippen molar-refractivity contribution >= 4 is 15.7 Å². The Morgan fingerprint density at radius 2 is 2.10 bits per heavy atom. The zero-order valence-corrected chi connectivity index (χ0v) is 14.3. The van der Waals surface area contributed by atoms with E-state index in [1.54, 1.807) is 4.90 Å². The van der Waals surface area contributed by atoms with Crippen LogP contribution in [0.2, 0.25) is 0 Å². The van der Waals surface area contributed by atoms with E-state index in [4.69, 9.17) is 4.74 Å². The van der Waals surface area contributed by atoms with Gasteiger partial charge in [-0.15, -0.1) is 0 Å².